The van der Waals surface area contributed by atoms with Crippen LogP contribution >= 0.6 is 0 Å². The molecular formula is C16H11F6N9. The van der Waals surface area contributed by atoms with E-state index in [2.05, 4.69) is 35.7 Å². The maximum Gasteiger partial charge on any atom is 0.435 e. The summed E-state index contributed by atoms with van der Waals surface area (Å²) in [4.78, 5) is 15.2. The van der Waals surface area contributed by atoms with E-state index < -0.39 is 42.9 Å². The molecule has 0 bridgehead atoms. The fourth-order valence-corrected chi connectivity index (χ4v) is 2.21. The van der Waals surface area contributed by atoms with E-state index in [0.29, 0.717) is 10.7 Å². The summed E-state index contributed by atoms with van der Waals surface area (Å²) in [7, 11) is 0. The van der Waals surface area contributed by atoms with Crippen LogP contribution in [0.25, 0.3) is 5.95 Å². The first-order chi connectivity index (χ1) is 14.7. The van der Waals surface area contributed by atoms with E-state index >= 15 is 0 Å². The van der Waals surface area contributed by atoms with Gasteiger partial charge in [-0.05, 0) is 18.2 Å². The van der Waals surface area contributed by atoms with Crippen LogP contribution in [-0.4, -0.2) is 48.9 Å². The highest BCUT2D eigenvalue weighted by Crippen LogP contribution is 2.28. The van der Waals surface area contributed by atoms with Gasteiger partial charge in [0.25, 0.3) is 12.4 Å². The normalized spacial score (nSPS) is 12.5. The van der Waals surface area contributed by atoms with Crippen LogP contribution < -0.4 is 10.6 Å². The van der Waals surface area contributed by atoms with Crippen molar-refractivity contribution >= 4 is 17.6 Å². The number of hydrogen-bond donors (Lipinski definition) is 2. The first kappa shape index (κ1) is 21.7. The number of alkyl halides is 6. The Hall–Kier alpha value is -3.96. The van der Waals surface area contributed by atoms with Gasteiger partial charge in [0, 0.05) is 18.1 Å². The standard InChI is InChI=1S/C16H11F6N9/c17-6-10(12(18)19)26-14-27-13(25-8-1-3-24-9(5-8)7-23)28-15(29-14)31-4-2-11(30-31)16(20,21)22/h1-5,10,12H,6H2,(H2,24,25,26,27,28,29). The Bertz CT molecular complexity index is 1090. The lowest BCUT2D eigenvalue weighted by atomic mass is 10.3. The number of anilines is 3. The third kappa shape index (κ3) is 5.35. The molecule has 3 heterocycles. The van der Waals surface area contributed by atoms with Crippen molar-refractivity contribution < 1.29 is 26.3 Å². The lowest BCUT2D eigenvalue weighted by molar-refractivity contribution is -0.141. The molecule has 0 saturated heterocycles. The molecule has 162 valence electrons. The van der Waals surface area contributed by atoms with Crippen LogP contribution in [0, 0.1) is 11.3 Å². The van der Waals surface area contributed by atoms with Gasteiger partial charge in [0.05, 0.1) is 0 Å². The molecule has 1 unspecified atom stereocenters. The molecule has 0 aromatic carbocycles. The number of pyridine rings is 1. The number of nitrogens with one attached hydrogen (secondary N) is 2. The first-order valence-electron chi connectivity index (χ1n) is 8.32. The quantitative estimate of drug-likeness (QED) is 0.535. The molecule has 0 aliphatic rings. The lowest BCUT2D eigenvalue weighted by Gasteiger charge is -2.15. The molecule has 3 rings (SSSR count). The Morgan fingerprint density at radius 3 is 2.48 bits per heavy atom. The van der Waals surface area contributed by atoms with Gasteiger partial charge in [-0.15, -0.1) is 0 Å². The van der Waals surface area contributed by atoms with Crippen molar-refractivity contribution in [3.05, 3.63) is 42.0 Å². The highest BCUT2D eigenvalue weighted by molar-refractivity contribution is 5.55. The molecule has 0 aliphatic heterocycles. The minimum Gasteiger partial charge on any atom is -0.343 e. The van der Waals surface area contributed by atoms with Gasteiger partial charge in [-0.2, -0.15) is 38.5 Å². The number of halogens is 6. The van der Waals surface area contributed by atoms with Crippen molar-refractivity contribution in [2.75, 3.05) is 17.3 Å². The Kier molecular flexibility index (Phi) is 6.18. The summed E-state index contributed by atoms with van der Waals surface area (Å²) < 4.78 is 77.8. The van der Waals surface area contributed by atoms with Crippen LogP contribution in [0.5, 0.6) is 0 Å². The van der Waals surface area contributed by atoms with E-state index in [4.69, 9.17) is 5.26 Å². The van der Waals surface area contributed by atoms with Crippen molar-refractivity contribution in [1.29, 1.82) is 5.26 Å². The average molecular weight is 443 g/mol. The number of rotatable bonds is 7. The monoisotopic (exact) mass is 443 g/mol. The molecular weight excluding hydrogens is 432 g/mol. The summed E-state index contributed by atoms with van der Waals surface area (Å²) in [6.45, 7) is -1.46. The number of nitrogens with zero attached hydrogens (tertiary/aromatic N) is 7. The topological polar surface area (TPSA) is 117 Å². The number of nitriles is 1. The molecule has 2 N–H and O–H groups in total. The zero-order chi connectivity index (χ0) is 22.6. The lowest BCUT2D eigenvalue weighted by Crippen LogP contribution is -2.31. The Morgan fingerprint density at radius 1 is 1.13 bits per heavy atom. The fourth-order valence-electron chi connectivity index (χ4n) is 2.21. The summed E-state index contributed by atoms with van der Waals surface area (Å²) in [6.07, 6.45) is -5.64. The van der Waals surface area contributed by atoms with Gasteiger partial charge in [-0.25, -0.2) is 22.8 Å². The van der Waals surface area contributed by atoms with Crippen molar-refractivity contribution in [1.82, 2.24) is 29.7 Å². The average Bonchev–Trinajstić information content (AvgIpc) is 3.23. The molecule has 9 nitrogen and oxygen atoms in total. The first-order valence-corrected chi connectivity index (χ1v) is 8.32. The summed E-state index contributed by atoms with van der Waals surface area (Å²) >= 11 is 0. The zero-order valence-electron chi connectivity index (χ0n) is 15.1. The summed E-state index contributed by atoms with van der Waals surface area (Å²) in [5, 5.41) is 16.9. The van der Waals surface area contributed by atoms with Crippen LogP contribution in [0.1, 0.15) is 11.4 Å². The maximum atomic E-state index is 12.9. The Labute approximate surface area is 169 Å². The zero-order valence-corrected chi connectivity index (χ0v) is 15.1. The predicted molar refractivity (Wildman–Crippen MR) is 93.6 cm³/mol. The minimum atomic E-state index is -4.74. The number of hydrogen-bond acceptors (Lipinski definition) is 8. The second kappa shape index (κ2) is 8.81. The fraction of sp³-hybridized carbons (Fsp3) is 0.250. The van der Waals surface area contributed by atoms with Gasteiger partial charge in [0.15, 0.2) is 5.69 Å². The van der Waals surface area contributed by atoms with Crippen LogP contribution in [0.2, 0.25) is 0 Å². The van der Waals surface area contributed by atoms with Crippen molar-refractivity contribution in [2.45, 2.75) is 18.6 Å². The third-order valence-electron chi connectivity index (χ3n) is 3.62. The van der Waals surface area contributed by atoms with Gasteiger partial charge >= 0.3 is 6.18 Å². The third-order valence-corrected chi connectivity index (χ3v) is 3.62. The van der Waals surface area contributed by atoms with Gasteiger partial charge in [0.2, 0.25) is 11.9 Å². The van der Waals surface area contributed by atoms with E-state index in [9.17, 15) is 26.3 Å². The van der Waals surface area contributed by atoms with E-state index in [0.717, 1.165) is 6.20 Å². The van der Waals surface area contributed by atoms with E-state index in [1.807, 2.05) is 0 Å². The molecule has 0 radical (unpaired) electrons. The highest BCUT2D eigenvalue weighted by atomic mass is 19.4. The number of aromatic nitrogens is 6. The van der Waals surface area contributed by atoms with Crippen LogP contribution in [0.15, 0.2) is 30.6 Å². The minimum absolute atomic E-state index is 0.0368. The molecule has 15 heteroatoms. The Balaban J connectivity index is 2.01. The largest absolute Gasteiger partial charge is 0.435 e. The van der Waals surface area contributed by atoms with Gasteiger partial charge in [-0.3, -0.25) is 0 Å². The molecule has 1 atom stereocenters. The molecule has 0 aliphatic carbocycles. The van der Waals surface area contributed by atoms with Crippen LogP contribution in [0.3, 0.4) is 0 Å². The SMILES string of the molecule is N#Cc1cc(Nc2nc(NC(CF)C(F)F)nc(-n3ccc(C(F)(F)F)n3)n2)ccn1. The van der Waals surface area contributed by atoms with E-state index in [-0.39, 0.29) is 17.3 Å². The summed E-state index contributed by atoms with van der Waals surface area (Å²) in [5.41, 5.74) is -0.935. The molecule has 31 heavy (non-hydrogen) atoms. The molecule has 0 spiro atoms. The van der Waals surface area contributed by atoms with Gasteiger partial charge in [-0.1, -0.05) is 0 Å². The van der Waals surface area contributed by atoms with Crippen LogP contribution in [0.4, 0.5) is 43.9 Å². The van der Waals surface area contributed by atoms with Crippen LogP contribution in [-0.2, 0) is 6.18 Å². The van der Waals surface area contributed by atoms with Crippen molar-refractivity contribution in [2.24, 2.45) is 0 Å². The smallest absolute Gasteiger partial charge is 0.343 e. The molecule has 3 aromatic heterocycles. The molecule has 0 amide bonds. The van der Waals surface area contributed by atoms with Gasteiger partial charge in [0.1, 0.15) is 24.5 Å². The predicted octanol–water partition coefficient (Wildman–Crippen LogP) is 3.10. The molecule has 0 fully saturated rings. The summed E-state index contributed by atoms with van der Waals surface area (Å²) in [5.74, 6) is -1.29. The summed E-state index contributed by atoms with van der Waals surface area (Å²) in [6, 6.07) is 3.25. The maximum absolute atomic E-state index is 12.9. The highest BCUT2D eigenvalue weighted by Gasteiger charge is 2.34. The second-order valence-corrected chi connectivity index (χ2v) is 5.83. The van der Waals surface area contributed by atoms with E-state index in [1.54, 1.807) is 6.07 Å². The van der Waals surface area contributed by atoms with Crippen molar-refractivity contribution in [3.8, 4) is 12.0 Å². The van der Waals surface area contributed by atoms with Crippen molar-refractivity contribution in [3.63, 3.8) is 0 Å². The van der Waals surface area contributed by atoms with Gasteiger partial charge < -0.3 is 10.6 Å². The Morgan fingerprint density at radius 2 is 1.87 bits per heavy atom. The molecule has 3 aromatic rings. The second-order valence-electron chi connectivity index (χ2n) is 5.83. The molecule has 0 saturated carbocycles. The van der Waals surface area contributed by atoms with E-state index in [1.165, 1.54) is 18.3 Å².